The highest BCUT2D eigenvalue weighted by molar-refractivity contribution is 5.96. The van der Waals surface area contributed by atoms with Gasteiger partial charge in [-0.3, -0.25) is 0 Å². The number of rotatable bonds is 4. The Morgan fingerprint density at radius 1 is 0.718 bits per heavy atom. The molecule has 4 aromatic carbocycles. The lowest BCUT2D eigenvalue weighted by Gasteiger charge is -2.45. The van der Waals surface area contributed by atoms with Crippen LogP contribution in [0.15, 0.2) is 127 Å². The van der Waals surface area contributed by atoms with Crippen LogP contribution in [-0.2, 0) is 10.3 Å². The summed E-state index contributed by atoms with van der Waals surface area (Å²) >= 11 is 0. The first-order valence-electron chi connectivity index (χ1n) is 13.2. The van der Waals surface area contributed by atoms with Crippen molar-refractivity contribution in [1.29, 1.82) is 0 Å². The summed E-state index contributed by atoms with van der Waals surface area (Å²) in [6.45, 7) is 0. The number of nitrogens with zero attached hydrogens (tertiary/aromatic N) is 2. The van der Waals surface area contributed by atoms with Crippen molar-refractivity contribution in [2.75, 3.05) is 23.9 Å². The van der Waals surface area contributed by atoms with Crippen LogP contribution in [0.25, 0.3) is 0 Å². The van der Waals surface area contributed by atoms with E-state index in [1.54, 1.807) is 0 Å². The summed E-state index contributed by atoms with van der Waals surface area (Å²) in [5, 5.41) is 0. The van der Waals surface area contributed by atoms with Crippen LogP contribution >= 0.6 is 0 Å². The van der Waals surface area contributed by atoms with E-state index >= 15 is 0 Å². The SMILES string of the molecule is CN(C1=CC2Oc3cc(N(C)c4ccccc4)ccc3C3(OC(=O)c4ccccc43)C2C=C1)c1ccccc1. The first kappa shape index (κ1) is 23.4. The van der Waals surface area contributed by atoms with Crippen molar-refractivity contribution < 1.29 is 14.3 Å². The zero-order valence-corrected chi connectivity index (χ0v) is 21.8. The van der Waals surface area contributed by atoms with Crippen molar-refractivity contribution in [2.45, 2.75) is 11.7 Å². The molecule has 39 heavy (non-hydrogen) atoms. The van der Waals surface area contributed by atoms with E-state index in [2.05, 4.69) is 77.5 Å². The predicted molar refractivity (Wildman–Crippen MR) is 154 cm³/mol. The van der Waals surface area contributed by atoms with Crippen LogP contribution in [0.2, 0.25) is 0 Å². The largest absolute Gasteiger partial charge is 0.485 e. The highest BCUT2D eigenvalue weighted by Crippen LogP contribution is 2.56. The zero-order chi connectivity index (χ0) is 26.6. The molecule has 0 saturated heterocycles. The summed E-state index contributed by atoms with van der Waals surface area (Å²) in [5.74, 6) is 0.199. The molecular formula is C34H28N2O3. The molecule has 0 saturated carbocycles. The van der Waals surface area contributed by atoms with Crippen molar-refractivity contribution in [3.05, 3.63) is 144 Å². The van der Waals surface area contributed by atoms with E-state index in [9.17, 15) is 4.79 Å². The van der Waals surface area contributed by atoms with E-state index in [-0.39, 0.29) is 18.0 Å². The number of ether oxygens (including phenoxy) is 2. The van der Waals surface area contributed by atoms with Gasteiger partial charge in [0.2, 0.25) is 0 Å². The van der Waals surface area contributed by atoms with Gasteiger partial charge in [0.05, 0.1) is 11.5 Å². The number of fused-ring (bicyclic) bond motifs is 6. The summed E-state index contributed by atoms with van der Waals surface area (Å²) < 4.78 is 13.1. The Kier molecular flexibility index (Phi) is 5.34. The fourth-order valence-corrected chi connectivity index (χ4v) is 6.08. The smallest absolute Gasteiger partial charge is 0.339 e. The standard InChI is InChI=1S/C34H28N2O3/c1-35(23-11-5-3-6-12-23)25-17-19-29-31(21-25)38-32-22-26(36(2)24-13-7-4-8-14-24)18-20-30(32)34(29)28-16-10-9-15-27(28)33(37)39-34/h3-22,29,31H,1-2H3. The molecule has 0 amide bonds. The predicted octanol–water partition coefficient (Wildman–Crippen LogP) is 6.84. The van der Waals surface area contributed by atoms with Gasteiger partial charge in [0.15, 0.2) is 5.60 Å². The molecule has 7 rings (SSSR count). The number of para-hydroxylation sites is 2. The van der Waals surface area contributed by atoms with Crippen LogP contribution in [0.3, 0.4) is 0 Å². The Labute approximate surface area is 228 Å². The second kappa shape index (κ2) is 8.91. The van der Waals surface area contributed by atoms with Crippen molar-refractivity contribution in [1.82, 2.24) is 0 Å². The van der Waals surface area contributed by atoms with E-state index in [4.69, 9.17) is 9.47 Å². The molecule has 192 valence electrons. The Bertz CT molecular complexity index is 1630. The number of carbonyl (C=O) groups excluding carboxylic acids is 1. The second-order valence-electron chi connectivity index (χ2n) is 10.2. The minimum absolute atomic E-state index is 0.219. The molecule has 1 spiro atoms. The molecule has 5 heteroatoms. The van der Waals surface area contributed by atoms with Gasteiger partial charge in [-0.1, -0.05) is 60.7 Å². The Hall–Kier alpha value is -4.77. The minimum Gasteiger partial charge on any atom is -0.485 e. The Morgan fingerprint density at radius 2 is 1.38 bits per heavy atom. The van der Waals surface area contributed by atoms with Gasteiger partial charge in [0, 0.05) is 54.0 Å². The summed E-state index contributed by atoms with van der Waals surface area (Å²) in [6, 6.07) is 34.4. The molecule has 2 aliphatic heterocycles. The first-order chi connectivity index (χ1) is 19.1. The van der Waals surface area contributed by atoms with Crippen LogP contribution in [0, 0.1) is 5.92 Å². The summed E-state index contributed by atoms with van der Waals surface area (Å²) in [4.78, 5) is 17.5. The second-order valence-corrected chi connectivity index (χ2v) is 10.2. The third-order valence-electron chi connectivity index (χ3n) is 8.12. The quantitative estimate of drug-likeness (QED) is 0.280. The van der Waals surface area contributed by atoms with E-state index < -0.39 is 5.60 Å². The summed E-state index contributed by atoms with van der Waals surface area (Å²) in [5.41, 5.74) is 5.56. The summed E-state index contributed by atoms with van der Waals surface area (Å²) in [6.07, 6.45) is 6.06. The number of hydrogen-bond acceptors (Lipinski definition) is 5. The fourth-order valence-electron chi connectivity index (χ4n) is 6.08. The fraction of sp³-hybridized carbons (Fsp3) is 0.147. The number of anilines is 3. The lowest BCUT2D eigenvalue weighted by Crippen LogP contribution is -2.49. The molecule has 0 radical (unpaired) electrons. The van der Waals surface area contributed by atoms with Gasteiger partial charge in [0.25, 0.3) is 0 Å². The van der Waals surface area contributed by atoms with E-state index in [1.807, 2.05) is 67.7 Å². The van der Waals surface area contributed by atoms with Crippen molar-refractivity contribution in [2.24, 2.45) is 5.92 Å². The highest BCUT2D eigenvalue weighted by Gasteiger charge is 2.58. The number of esters is 1. The molecule has 3 atom stereocenters. The van der Waals surface area contributed by atoms with Gasteiger partial charge in [-0.05, 0) is 54.6 Å². The van der Waals surface area contributed by atoms with Crippen LogP contribution in [0.4, 0.5) is 17.1 Å². The number of carbonyl (C=O) groups is 1. The van der Waals surface area contributed by atoms with Crippen molar-refractivity contribution in [3.8, 4) is 5.75 Å². The maximum Gasteiger partial charge on any atom is 0.339 e. The van der Waals surface area contributed by atoms with Crippen LogP contribution in [0.5, 0.6) is 5.75 Å². The van der Waals surface area contributed by atoms with Gasteiger partial charge < -0.3 is 19.3 Å². The first-order valence-corrected chi connectivity index (χ1v) is 13.2. The number of likely N-dealkylation sites (N-methyl/N-ethyl adjacent to an activating group) is 1. The molecule has 0 aromatic heterocycles. The topological polar surface area (TPSA) is 42.0 Å². The maximum absolute atomic E-state index is 13.2. The minimum atomic E-state index is -0.973. The van der Waals surface area contributed by atoms with Gasteiger partial charge in [-0.25, -0.2) is 4.79 Å². The number of benzene rings is 4. The summed E-state index contributed by atoms with van der Waals surface area (Å²) in [7, 11) is 4.09. The highest BCUT2D eigenvalue weighted by atomic mass is 16.6. The van der Waals surface area contributed by atoms with Gasteiger partial charge in [-0.2, -0.15) is 0 Å². The average molecular weight is 513 g/mol. The molecule has 3 unspecified atom stereocenters. The van der Waals surface area contributed by atoms with Gasteiger partial charge in [0.1, 0.15) is 11.9 Å². The maximum atomic E-state index is 13.2. The number of hydrogen-bond donors (Lipinski definition) is 0. The Morgan fingerprint density at radius 3 is 2.13 bits per heavy atom. The van der Waals surface area contributed by atoms with E-state index in [0.29, 0.717) is 11.3 Å². The zero-order valence-electron chi connectivity index (χ0n) is 21.8. The lowest BCUT2D eigenvalue weighted by molar-refractivity contribution is -0.0418. The van der Waals surface area contributed by atoms with Crippen molar-refractivity contribution in [3.63, 3.8) is 0 Å². The lowest BCUT2D eigenvalue weighted by atomic mass is 9.70. The van der Waals surface area contributed by atoms with E-state index in [1.165, 1.54) is 0 Å². The van der Waals surface area contributed by atoms with Gasteiger partial charge >= 0.3 is 5.97 Å². The molecule has 0 bridgehead atoms. The average Bonchev–Trinajstić information content (AvgIpc) is 3.29. The third-order valence-corrected chi connectivity index (χ3v) is 8.12. The van der Waals surface area contributed by atoms with Crippen LogP contribution in [-0.4, -0.2) is 26.2 Å². The molecule has 5 nitrogen and oxygen atoms in total. The number of allylic oxidation sites excluding steroid dienone is 1. The molecule has 0 N–H and O–H groups in total. The monoisotopic (exact) mass is 512 g/mol. The van der Waals surface area contributed by atoms with Crippen LogP contribution < -0.4 is 14.5 Å². The molecule has 0 fully saturated rings. The van der Waals surface area contributed by atoms with Crippen molar-refractivity contribution >= 4 is 23.0 Å². The Balaban J connectivity index is 1.37. The van der Waals surface area contributed by atoms with E-state index in [0.717, 1.165) is 33.9 Å². The third kappa shape index (κ3) is 3.57. The molecule has 4 aromatic rings. The molecule has 3 aliphatic rings. The molecule has 1 aliphatic carbocycles. The molecular weight excluding hydrogens is 484 g/mol. The van der Waals surface area contributed by atoms with Gasteiger partial charge in [-0.15, -0.1) is 0 Å². The normalized spacial score (nSPS) is 22.2. The molecule has 2 heterocycles. The van der Waals surface area contributed by atoms with Crippen LogP contribution in [0.1, 0.15) is 21.5 Å².